The number of hydrogen-bond donors (Lipinski definition) is 3. The van der Waals surface area contributed by atoms with Crippen molar-refractivity contribution < 1.29 is 13.2 Å². The normalized spacial score (nSPS) is 11.4. The van der Waals surface area contributed by atoms with Gasteiger partial charge >= 0.3 is 0 Å². The topological polar surface area (TPSA) is 123 Å². The highest BCUT2D eigenvalue weighted by molar-refractivity contribution is 7.89. The van der Waals surface area contributed by atoms with Crippen LogP contribution in [0.1, 0.15) is 5.82 Å². The lowest BCUT2D eigenvalue weighted by Gasteiger charge is -2.09. The first-order valence-corrected chi connectivity index (χ1v) is 7.28. The van der Waals surface area contributed by atoms with Crippen LogP contribution < -0.4 is 15.2 Å². The second-order valence-corrected chi connectivity index (χ2v) is 5.75. The maximum Gasteiger partial charge on any atom is 0.240 e. The minimum atomic E-state index is -3.61. The van der Waals surface area contributed by atoms with Gasteiger partial charge in [-0.25, -0.2) is 18.1 Å². The van der Waals surface area contributed by atoms with Gasteiger partial charge in [-0.15, -0.1) is 0 Å². The van der Waals surface area contributed by atoms with E-state index < -0.39 is 10.0 Å². The summed E-state index contributed by atoms with van der Waals surface area (Å²) in [4.78, 5) is 4.01. The first-order chi connectivity index (χ1) is 9.53. The Hall–Kier alpha value is -2.13. The first-order valence-electron chi connectivity index (χ1n) is 5.80. The van der Waals surface area contributed by atoms with Crippen LogP contribution in [0.15, 0.2) is 29.4 Å². The van der Waals surface area contributed by atoms with Gasteiger partial charge in [0.2, 0.25) is 10.0 Å². The maximum atomic E-state index is 12.1. The maximum absolute atomic E-state index is 12.1. The number of nitrogens with two attached hydrogens (primary N) is 1. The van der Waals surface area contributed by atoms with E-state index in [9.17, 15) is 8.42 Å². The molecule has 4 N–H and O–H groups in total. The lowest BCUT2D eigenvalue weighted by atomic mass is 10.3. The lowest BCUT2D eigenvalue weighted by Crippen LogP contribution is -2.26. The molecule has 0 fully saturated rings. The molecule has 8 nitrogen and oxygen atoms in total. The molecular formula is C11H15N5O3S. The van der Waals surface area contributed by atoms with Crippen LogP contribution in [0.3, 0.4) is 0 Å². The van der Waals surface area contributed by atoms with E-state index in [0.717, 1.165) is 0 Å². The summed E-state index contributed by atoms with van der Waals surface area (Å²) in [5.74, 6) is 0.936. The summed E-state index contributed by atoms with van der Waals surface area (Å²) < 4.78 is 31.6. The molecule has 2 rings (SSSR count). The summed E-state index contributed by atoms with van der Waals surface area (Å²) in [7, 11) is -2.18. The Morgan fingerprint density at radius 3 is 2.90 bits per heavy atom. The van der Waals surface area contributed by atoms with Crippen LogP contribution in [-0.2, 0) is 16.4 Å². The van der Waals surface area contributed by atoms with Gasteiger partial charge in [0.15, 0.2) is 0 Å². The van der Waals surface area contributed by atoms with Crippen LogP contribution in [0.5, 0.6) is 5.75 Å². The van der Waals surface area contributed by atoms with Gasteiger partial charge in [0.25, 0.3) is 0 Å². The summed E-state index contributed by atoms with van der Waals surface area (Å²) in [6.45, 7) is 0.213. The Kier molecular flexibility index (Phi) is 4.20. The summed E-state index contributed by atoms with van der Waals surface area (Å²) in [5.41, 5.74) is 6.03. The zero-order valence-electron chi connectivity index (χ0n) is 10.8. The van der Waals surface area contributed by atoms with E-state index in [1.807, 2.05) is 0 Å². The van der Waals surface area contributed by atoms with Gasteiger partial charge in [-0.3, -0.25) is 5.10 Å². The third kappa shape index (κ3) is 3.25. The number of benzene rings is 1. The molecule has 20 heavy (non-hydrogen) atoms. The smallest absolute Gasteiger partial charge is 0.240 e. The molecule has 0 bridgehead atoms. The number of anilines is 1. The van der Waals surface area contributed by atoms with Gasteiger partial charge in [-0.1, -0.05) is 0 Å². The molecule has 1 heterocycles. The number of H-pyrrole nitrogens is 1. The Bertz CT molecular complexity index is 669. The molecule has 0 radical (unpaired) electrons. The molecule has 108 valence electrons. The zero-order valence-corrected chi connectivity index (χ0v) is 11.6. The van der Waals surface area contributed by atoms with Crippen LogP contribution in [0.2, 0.25) is 0 Å². The van der Waals surface area contributed by atoms with Crippen LogP contribution in [0.4, 0.5) is 5.69 Å². The van der Waals surface area contributed by atoms with E-state index in [4.69, 9.17) is 10.5 Å². The van der Waals surface area contributed by atoms with E-state index >= 15 is 0 Å². The van der Waals surface area contributed by atoms with Crippen molar-refractivity contribution in [2.75, 3.05) is 19.4 Å². The Morgan fingerprint density at radius 1 is 1.45 bits per heavy atom. The van der Waals surface area contributed by atoms with Crippen molar-refractivity contribution in [3.8, 4) is 5.75 Å². The van der Waals surface area contributed by atoms with Gasteiger partial charge in [0.1, 0.15) is 17.9 Å². The van der Waals surface area contributed by atoms with Crippen molar-refractivity contribution in [1.82, 2.24) is 19.9 Å². The molecule has 0 aliphatic rings. The van der Waals surface area contributed by atoms with Crippen molar-refractivity contribution in [1.29, 1.82) is 0 Å². The molecular weight excluding hydrogens is 282 g/mol. The Morgan fingerprint density at radius 2 is 2.25 bits per heavy atom. The number of nitrogen functional groups attached to an aromatic ring is 1. The average molecular weight is 297 g/mol. The van der Waals surface area contributed by atoms with Crippen LogP contribution in [-0.4, -0.2) is 37.3 Å². The molecule has 0 unspecified atom stereocenters. The third-order valence-corrected chi connectivity index (χ3v) is 4.09. The fourth-order valence-corrected chi connectivity index (χ4v) is 2.64. The molecule has 2 aromatic rings. The minimum Gasteiger partial charge on any atom is -0.495 e. The van der Waals surface area contributed by atoms with Crippen LogP contribution in [0.25, 0.3) is 0 Å². The monoisotopic (exact) mass is 297 g/mol. The number of aromatic nitrogens is 3. The summed E-state index contributed by atoms with van der Waals surface area (Å²) >= 11 is 0. The van der Waals surface area contributed by atoms with Crippen LogP contribution in [0, 0.1) is 0 Å². The molecule has 0 saturated carbocycles. The standard InChI is InChI=1S/C11H15N5O3S/c1-19-10-6-8(2-3-9(10)12)20(17,18)15-5-4-11-13-7-14-16-11/h2-3,6-7,15H,4-5,12H2,1H3,(H,13,14,16). The van der Waals surface area contributed by atoms with Gasteiger partial charge < -0.3 is 10.5 Å². The number of aromatic amines is 1. The molecule has 0 saturated heterocycles. The Balaban J connectivity index is 2.06. The number of methoxy groups -OCH3 is 1. The molecule has 0 aliphatic carbocycles. The van der Waals surface area contributed by atoms with E-state index in [2.05, 4.69) is 19.9 Å². The van der Waals surface area contributed by atoms with E-state index in [1.54, 1.807) is 0 Å². The highest BCUT2D eigenvalue weighted by Gasteiger charge is 2.15. The van der Waals surface area contributed by atoms with Crippen molar-refractivity contribution in [2.24, 2.45) is 0 Å². The number of rotatable bonds is 6. The summed E-state index contributed by atoms with van der Waals surface area (Å²) in [6.07, 6.45) is 1.79. The van der Waals surface area contributed by atoms with Crippen molar-refractivity contribution in [2.45, 2.75) is 11.3 Å². The lowest BCUT2D eigenvalue weighted by molar-refractivity contribution is 0.415. The largest absolute Gasteiger partial charge is 0.495 e. The number of hydrogen-bond acceptors (Lipinski definition) is 6. The molecule has 1 aromatic carbocycles. The van der Waals surface area contributed by atoms with E-state index in [-0.39, 0.29) is 11.4 Å². The SMILES string of the molecule is COc1cc(S(=O)(=O)NCCc2ncn[nH]2)ccc1N. The zero-order chi connectivity index (χ0) is 14.6. The van der Waals surface area contributed by atoms with Crippen molar-refractivity contribution in [3.05, 3.63) is 30.4 Å². The van der Waals surface area contributed by atoms with Gasteiger partial charge in [-0.05, 0) is 12.1 Å². The number of sulfonamides is 1. The summed E-state index contributed by atoms with van der Waals surface area (Å²) in [6, 6.07) is 4.30. The fourth-order valence-electron chi connectivity index (χ4n) is 1.60. The minimum absolute atomic E-state index is 0.0983. The Labute approximate surface area is 116 Å². The second kappa shape index (κ2) is 5.88. The molecule has 0 spiro atoms. The molecule has 0 amide bonds. The average Bonchev–Trinajstić information content (AvgIpc) is 2.92. The van der Waals surface area contributed by atoms with Gasteiger partial charge in [-0.2, -0.15) is 5.10 Å². The first kappa shape index (κ1) is 14.3. The van der Waals surface area contributed by atoms with Crippen molar-refractivity contribution in [3.63, 3.8) is 0 Å². The third-order valence-electron chi connectivity index (χ3n) is 2.63. The second-order valence-electron chi connectivity index (χ2n) is 3.98. The van der Waals surface area contributed by atoms with Crippen molar-refractivity contribution >= 4 is 15.7 Å². The fraction of sp³-hybridized carbons (Fsp3) is 0.273. The molecule has 0 atom stereocenters. The predicted molar refractivity (Wildman–Crippen MR) is 72.7 cm³/mol. The summed E-state index contributed by atoms with van der Waals surface area (Å²) in [5, 5.41) is 6.34. The molecule has 1 aromatic heterocycles. The van der Waals surface area contributed by atoms with Crippen LogP contribution >= 0.6 is 0 Å². The number of nitrogens with zero attached hydrogens (tertiary/aromatic N) is 2. The molecule has 0 aliphatic heterocycles. The van der Waals surface area contributed by atoms with Gasteiger partial charge in [0, 0.05) is 19.0 Å². The quantitative estimate of drug-likeness (QED) is 0.641. The van der Waals surface area contributed by atoms with E-state index in [1.165, 1.54) is 31.6 Å². The highest BCUT2D eigenvalue weighted by Crippen LogP contribution is 2.24. The highest BCUT2D eigenvalue weighted by atomic mass is 32.2. The van der Waals surface area contributed by atoms with Gasteiger partial charge in [0.05, 0.1) is 17.7 Å². The van der Waals surface area contributed by atoms with E-state index in [0.29, 0.717) is 23.7 Å². The number of nitrogens with one attached hydrogen (secondary N) is 2. The molecule has 9 heteroatoms. The number of ether oxygens (including phenoxy) is 1. The predicted octanol–water partition coefficient (Wildman–Crippen LogP) is -0.0835.